The van der Waals surface area contributed by atoms with Crippen molar-refractivity contribution >= 4 is 45.9 Å². The summed E-state index contributed by atoms with van der Waals surface area (Å²) in [6.45, 7) is 2.01. The molecule has 0 aliphatic carbocycles. The summed E-state index contributed by atoms with van der Waals surface area (Å²) in [5.74, 6) is 0. The lowest BCUT2D eigenvalue weighted by atomic mass is 10.2. The van der Waals surface area contributed by atoms with Crippen molar-refractivity contribution in [2.45, 2.75) is 6.92 Å². The smallest absolute Gasteiger partial charge is 0.196 e. The molecule has 0 aliphatic heterocycles. The van der Waals surface area contributed by atoms with Crippen LogP contribution in [0.3, 0.4) is 0 Å². The summed E-state index contributed by atoms with van der Waals surface area (Å²) < 4.78 is 0. The molecule has 0 fully saturated rings. The van der Waals surface area contributed by atoms with Crippen molar-refractivity contribution in [2.24, 2.45) is 5.10 Å². The zero-order chi connectivity index (χ0) is 17.8. The van der Waals surface area contributed by atoms with Crippen molar-refractivity contribution in [3.05, 3.63) is 68.5 Å². The topological polar surface area (TPSA) is 61.1 Å². The number of aromatic nitrogens is 1. The molecule has 3 rings (SSSR count). The Morgan fingerprint density at radius 3 is 2.60 bits per heavy atom. The van der Waals surface area contributed by atoms with Gasteiger partial charge in [0.1, 0.15) is 6.07 Å². The monoisotopic (exact) mass is 386 g/mol. The van der Waals surface area contributed by atoms with Crippen molar-refractivity contribution in [3.63, 3.8) is 0 Å². The summed E-state index contributed by atoms with van der Waals surface area (Å²) >= 11 is 13.3. The predicted octanol–water partition coefficient (Wildman–Crippen LogP) is 5.77. The Labute approximate surface area is 159 Å². The number of nitriles is 1. The van der Waals surface area contributed by atoms with Gasteiger partial charge in [-0.3, -0.25) is 5.43 Å². The van der Waals surface area contributed by atoms with E-state index in [1.807, 2.05) is 42.6 Å². The third-order valence-electron chi connectivity index (χ3n) is 3.38. The van der Waals surface area contributed by atoms with Crippen LogP contribution in [0.15, 0.2) is 52.9 Å². The zero-order valence-electron chi connectivity index (χ0n) is 13.1. The third-order valence-corrected chi connectivity index (χ3v) is 4.96. The first-order chi connectivity index (χ1) is 12.1. The number of halogens is 2. The van der Waals surface area contributed by atoms with Crippen molar-refractivity contribution in [1.82, 2.24) is 4.98 Å². The molecule has 0 radical (unpaired) electrons. The van der Waals surface area contributed by atoms with E-state index in [2.05, 4.69) is 21.6 Å². The summed E-state index contributed by atoms with van der Waals surface area (Å²) in [7, 11) is 0. The molecular formula is C18H12Cl2N4S. The van der Waals surface area contributed by atoms with Crippen LogP contribution in [0.1, 0.15) is 10.6 Å². The summed E-state index contributed by atoms with van der Waals surface area (Å²) in [6, 6.07) is 15.1. The van der Waals surface area contributed by atoms with Gasteiger partial charge in [-0.1, -0.05) is 47.0 Å². The molecular weight excluding hydrogens is 375 g/mol. The number of hydrogen-bond donors (Lipinski definition) is 1. The maximum absolute atomic E-state index is 9.37. The van der Waals surface area contributed by atoms with E-state index >= 15 is 0 Å². The van der Waals surface area contributed by atoms with Gasteiger partial charge in [-0.05, 0) is 31.2 Å². The number of benzene rings is 2. The molecule has 1 heterocycles. The van der Waals surface area contributed by atoms with Crippen LogP contribution in [0.25, 0.3) is 11.3 Å². The molecule has 0 saturated heterocycles. The fourth-order valence-electron chi connectivity index (χ4n) is 2.04. The minimum atomic E-state index is 0.219. The van der Waals surface area contributed by atoms with Crippen molar-refractivity contribution < 1.29 is 0 Å². The summed E-state index contributed by atoms with van der Waals surface area (Å²) in [6.07, 6.45) is 0. The molecule has 124 valence electrons. The van der Waals surface area contributed by atoms with Gasteiger partial charge in [0.2, 0.25) is 0 Å². The van der Waals surface area contributed by atoms with Gasteiger partial charge in [0.25, 0.3) is 0 Å². The summed E-state index contributed by atoms with van der Waals surface area (Å²) in [5.41, 5.74) is 6.61. The Bertz CT molecular complexity index is 971. The molecule has 0 atom stereocenters. The standard InChI is InChI=1S/C18H12Cl2N4S/c1-11-2-5-13(6-3-11)23-24-16(9-21)18-22-17(10-25-18)12-4-7-14(19)15(20)8-12/h2-8,10,23H,1H3/b24-16-. The maximum atomic E-state index is 9.37. The van der Waals surface area contributed by atoms with Gasteiger partial charge in [0, 0.05) is 10.9 Å². The molecule has 1 aromatic heterocycles. The molecule has 0 unspecified atom stereocenters. The highest BCUT2D eigenvalue weighted by Crippen LogP contribution is 2.29. The van der Waals surface area contributed by atoms with Crippen LogP contribution >= 0.6 is 34.5 Å². The predicted molar refractivity (Wildman–Crippen MR) is 105 cm³/mol. The number of hydrogen-bond acceptors (Lipinski definition) is 5. The van der Waals surface area contributed by atoms with Crippen LogP contribution in [-0.4, -0.2) is 10.7 Å². The Balaban J connectivity index is 1.83. The van der Waals surface area contributed by atoms with Crippen LogP contribution in [0.5, 0.6) is 0 Å². The lowest BCUT2D eigenvalue weighted by Crippen LogP contribution is -2.01. The highest BCUT2D eigenvalue weighted by molar-refractivity contribution is 7.12. The molecule has 0 spiro atoms. The van der Waals surface area contributed by atoms with E-state index in [0.717, 1.165) is 22.5 Å². The molecule has 3 aromatic rings. The van der Waals surface area contributed by atoms with E-state index in [0.29, 0.717) is 15.1 Å². The second-order valence-corrected chi connectivity index (χ2v) is 6.89. The maximum Gasteiger partial charge on any atom is 0.196 e. The van der Waals surface area contributed by atoms with Crippen LogP contribution < -0.4 is 5.43 Å². The first-order valence-electron chi connectivity index (χ1n) is 7.28. The minimum Gasteiger partial charge on any atom is -0.277 e. The van der Waals surface area contributed by atoms with Crippen molar-refractivity contribution in [1.29, 1.82) is 5.26 Å². The van der Waals surface area contributed by atoms with Gasteiger partial charge in [-0.15, -0.1) is 11.3 Å². The molecule has 2 aromatic carbocycles. The molecule has 7 heteroatoms. The molecule has 0 bridgehead atoms. The lowest BCUT2D eigenvalue weighted by molar-refractivity contribution is 1.30. The van der Waals surface area contributed by atoms with E-state index < -0.39 is 0 Å². The van der Waals surface area contributed by atoms with Crippen LogP contribution in [-0.2, 0) is 0 Å². The highest BCUT2D eigenvalue weighted by Gasteiger charge is 2.11. The van der Waals surface area contributed by atoms with Crippen molar-refractivity contribution in [3.8, 4) is 17.3 Å². The quantitative estimate of drug-likeness (QED) is 0.457. The van der Waals surface area contributed by atoms with E-state index in [-0.39, 0.29) is 5.71 Å². The van der Waals surface area contributed by atoms with Gasteiger partial charge in [-0.25, -0.2) is 4.98 Å². The number of thiazole rings is 1. The minimum absolute atomic E-state index is 0.219. The average molecular weight is 387 g/mol. The van der Waals surface area contributed by atoms with E-state index in [1.54, 1.807) is 12.1 Å². The Morgan fingerprint density at radius 2 is 1.92 bits per heavy atom. The van der Waals surface area contributed by atoms with E-state index in [9.17, 15) is 5.26 Å². The molecule has 0 aliphatic rings. The van der Waals surface area contributed by atoms with Crippen LogP contribution in [0.4, 0.5) is 5.69 Å². The Hall–Kier alpha value is -2.39. The number of nitrogens with one attached hydrogen (secondary N) is 1. The second-order valence-electron chi connectivity index (χ2n) is 5.22. The SMILES string of the molecule is Cc1ccc(N/N=C(/C#N)c2nc(-c3ccc(Cl)c(Cl)c3)cs2)cc1. The summed E-state index contributed by atoms with van der Waals surface area (Å²) in [5, 5.41) is 16.9. The molecule has 4 nitrogen and oxygen atoms in total. The highest BCUT2D eigenvalue weighted by atomic mass is 35.5. The largest absolute Gasteiger partial charge is 0.277 e. The number of rotatable bonds is 4. The molecule has 0 saturated carbocycles. The Kier molecular flexibility index (Phi) is 5.34. The van der Waals surface area contributed by atoms with Gasteiger partial charge >= 0.3 is 0 Å². The number of hydrazone groups is 1. The number of nitrogens with zero attached hydrogens (tertiary/aromatic N) is 3. The first-order valence-corrected chi connectivity index (χ1v) is 8.92. The zero-order valence-corrected chi connectivity index (χ0v) is 15.5. The van der Waals surface area contributed by atoms with Gasteiger partial charge in [0.15, 0.2) is 10.7 Å². The van der Waals surface area contributed by atoms with E-state index in [1.165, 1.54) is 11.3 Å². The normalized spacial score (nSPS) is 11.2. The van der Waals surface area contributed by atoms with Crippen LogP contribution in [0.2, 0.25) is 10.0 Å². The van der Waals surface area contributed by atoms with Crippen molar-refractivity contribution in [2.75, 3.05) is 5.43 Å². The van der Waals surface area contributed by atoms with Crippen LogP contribution in [0, 0.1) is 18.3 Å². The average Bonchev–Trinajstić information content (AvgIpc) is 3.09. The lowest BCUT2D eigenvalue weighted by Gasteiger charge is -2.01. The fourth-order valence-corrected chi connectivity index (χ4v) is 3.10. The Morgan fingerprint density at radius 1 is 1.16 bits per heavy atom. The first kappa shape index (κ1) is 17.4. The molecule has 1 N–H and O–H groups in total. The molecule has 0 amide bonds. The fraction of sp³-hybridized carbons (Fsp3) is 0.0556. The third kappa shape index (κ3) is 4.18. The number of anilines is 1. The summed E-state index contributed by atoms with van der Waals surface area (Å²) in [4.78, 5) is 4.47. The van der Waals surface area contributed by atoms with Gasteiger partial charge < -0.3 is 0 Å². The van der Waals surface area contributed by atoms with E-state index in [4.69, 9.17) is 23.2 Å². The van der Waals surface area contributed by atoms with Gasteiger partial charge in [-0.2, -0.15) is 10.4 Å². The van der Waals surface area contributed by atoms with Gasteiger partial charge in [0.05, 0.1) is 21.4 Å². The molecule has 25 heavy (non-hydrogen) atoms. The number of aryl methyl sites for hydroxylation is 1. The second kappa shape index (κ2) is 7.66.